The van der Waals surface area contributed by atoms with Crippen LogP contribution in [0.1, 0.15) is 19.3 Å². The van der Waals surface area contributed by atoms with Gasteiger partial charge in [0.15, 0.2) is 0 Å². The van der Waals surface area contributed by atoms with Gasteiger partial charge in [-0.25, -0.2) is 9.59 Å². The highest BCUT2D eigenvalue weighted by molar-refractivity contribution is 6.01. The molecule has 10 nitrogen and oxygen atoms in total. The smallest absolute Gasteiger partial charge is 0.326 e. The lowest BCUT2D eigenvalue weighted by atomic mass is 10.1. The Bertz CT molecular complexity index is 491. The highest BCUT2D eigenvalue weighted by Gasteiger charge is 2.33. The normalized spacial score (nSPS) is 19.9. The lowest BCUT2D eigenvalue weighted by molar-refractivity contribution is -0.147. The Balaban J connectivity index is 2.60. The van der Waals surface area contributed by atoms with Crippen molar-refractivity contribution < 1.29 is 29.1 Å². The standard InChI is InChI=1S/C11H16N4O6/c1-15-8(17)3-2-5(9(15)18)13-11(21)14-6(10(19)20)4-7(12)16/h5-6H,2-4H2,1H3,(H2,12,16)(H,19,20)(H2,13,14,21)/t5?,6-/m0/s1. The number of primary amides is 1. The molecule has 0 aromatic heterocycles. The maximum absolute atomic E-state index is 11.7. The molecule has 1 fully saturated rings. The number of carboxylic acid groups (broad SMARTS) is 1. The molecule has 0 saturated carbocycles. The predicted octanol–water partition coefficient (Wildman–Crippen LogP) is -2.24. The molecule has 0 aromatic rings. The summed E-state index contributed by atoms with van der Waals surface area (Å²) in [5.41, 5.74) is 4.87. The van der Waals surface area contributed by atoms with Gasteiger partial charge in [0.05, 0.1) is 6.42 Å². The van der Waals surface area contributed by atoms with E-state index in [1.807, 2.05) is 5.32 Å². The van der Waals surface area contributed by atoms with Gasteiger partial charge in [-0.2, -0.15) is 0 Å². The molecule has 1 aliphatic heterocycles. The van der Waals surface area contributed by atoms with Gasteiger partial charge in [-0.15, -0.1) is 0 Å². The van der Waals surface area contributed by atoms with E-state index < -0.39 is 42.3 Å². The molecule has 0 spiro atoms. The fourth-order valence-electron chi connectivity index (χ4n) is 1.81. The largest absolute Gasteiger partial charge is 0.480 e. The Kier molecular flexibility index (Phi) is 5.22. The van der Waals surface area contributed by atoms with Crippen LogP contribution in [0.5, 0.6) is 0 Å². The van der Waals surface area contributed by atoms with Gasteiger partial charge in [-0.3, -0.25) is 19.3 Å². The van der Waals surface area contributed by atoms with E-state index >= 15 is 0 Å². The minimum Gasteiger partial charge on any atom is -0.480 e. The van der Waals surface area contributed by atoms with Crippen molar-refractivity contribution in [2.75, 3.05) is 7.05 Å². The molecular weight excluding hydrogens is 284 g/mol. The Morgan fingerprint density at radius 1 is 1.43 bits per heavy atom. The number of nitrogens with zero attached hydrogens (tertiary/aromatic N) is 1. The van der Waals surface area contributed by atoms with Crippen molar-refractivity contribution in [3.8, 4) is 0 Å². The molecule has 1 unspecified atom stereocenters. The van der Waals surface area contributed by atoms with Crippen molar-refractivity contribution in [2.45, 2.75) is 31.3 Å². The summed E-state index contributed by atoms with van der Waals surface area (Å²) in [5, 5.41) is 13.1. The number of nitrogens with one attached hydrogen (secondary N) is 2. The molecule has 5 N–H and O–H groups in total. The Morgan fingerprint density at radius 2 is 2.05 bits per heavy atom. The number of likely N-dealkylation sites (tertiary alicyclic amines) is 1. The molecule has 116 valence electrons. The summed E-state index contributed by atoms with van der Waals surface area (Å²) < 4.78 is 0. The van der Waals surface area contributed by atoms with E-state index in [9.17, 15) is 24.0 Å². The van der Waals surface area contributed by atoms with Gasteiger partial charge in [0.1, 0.15) is 12.1 Å². The number of rotatable bonds is 5. The van der Waals surface area contributed by atoms with E-state index in [0.29, 0.717) is 0 Å². The molecular formula is C11H16N4O6. The molecule has 5 amide bonds. The average Bonchev–Trinajstić information content (AvgIpc) is 2.38. The van der Waals surface area contributed by atoms with Gasteiger partial charge in [-0.1, -0.05) is 0 Å². The van der Waals surface area contributed by atoms with Gasteiger partial charge < -0.3 is 21.5 Å². The van der Waals surface area contributed by atoms with E-state index in [4.69, 9.17) is 10.8 Å². The molecule has 1 rings (SSSR count). The van der Waals surface area contributed by atoms with Crippen LogP contribution in [0, 0.1) is 0 Å². The highest BCUT2D eigenvalue weighted by Crippen LogP contribution is 2.11. The second kappa shape index (κ2) is 6.68. The second-order valence-corrected chi connectivity index (χ2v) is 4.56. The number of carbonyl (C=O) groups is 5. The van der Waals surface area contributed by atoms with Crippen molar-refractivity contribution >= 4 is 29.7 Å². The minimum absolute atomic E-state index is 0.0941. The van der Waals surface area contributed by atoms with E-state index in [1.165, 1.54) is 7.05 Å². The first-order chi connectivity index (χ1) is 9.72. The number of likely N-dealkylation sites (N-methyl/N-ethyl adjacent to an activating group) is 1. The number of imide groups is 1. The van der Waals surface area contributed by atoms with Gasteiger partial charge >= 0.3 is 12.0 Å². The van der Waals surface area contributed by atoms with Crippen LogP contribution in [0.4, 0.5) is 4.79 Å². The number of hydrogen-bond donors (Lipinski definition) is 4. The SMILES string of the molecule is CN1C(=O)CCC(NC(=O)N[C@@H](CC(N)=O)C(=O)O)C1=O. The zero-order chi connectivity index (χ0) is 16.2. The monoisotopic (exact) mass is 300 g/mol. The quantitative estimate of drug-likeness (QED) is 0.420. The van der Waals surface area contributed by atoms with Crippen LogP contribution in [-0.2, 0) is 19.2 Å². The molecule has 0 bridgehead atoms. The molecule has 10 heteroatoms. The van der Waals surface area contributed by atoms with Crippen molar-refractivity contribution in [1.82, 2.24) is 15.5 Å². The fraction of sp³-hybridized carbons (Fsp3) is 0.545. The number of aliphatic carboxylic acids is 1. The molecule has 1 aliphatic rings. The van der Waals surface area contributed by atoms with Gasteiger partial charge in [-0.05, 0) is 6.42 Å². The molecule has 2 atom stereocenters. The highest BCUT2D eigenvalue weighted by atomic mass is 16.4. The number of urea groups is 1. The molecule has 1 heterocycles. The lowest BCUT2D eigenvalue weighted by Crippen LogP contribution is -2.57. The summed E-state index contributed by atoms with van der Waals surface area (Å²) in [5.74, 6) is -3.24. The summed E-state index contributed by atoms with van der Waals surface area (Å²) in [6.07, 6.45) is -0.348. The minimum atomic E-state index is -1.49. The number of carbonyl (C=O) groups excluding carboxylic acids is 4. The first-order valence-electron chi connectivity index (χ1n) is 6.11. The van der Waals surface area contributed by atoms with Crippen LogP contribution in [0.15, 0.2) is 0 Å². The maximum Gasteiger partial charge on any atom is 0.326 e. The third-order valence-corrected chi connectivity index (χ3v) is 2.96. The zero-order valence-electron chi connectivity index (χ0n) is 11.3. The summed E-state index contributed by atoms with van der Waals surface area (Å²) in [7, 11) is 1.30. The molecule has 0 aliphatic carbocycles. The fourth-order valence-corrected chi connectivity index (χ4v) is 1.81. The molecule has 0 radical (unpaired) electrons. The lowest BCUT2D eigenvalue weighted by Gasteiger charge is -2.28. The van der Waals surface area contributed by atoms with Crippen LogP contribution in [-0.4, -0.2) is 58.9 Å². The van der Waals surface area contributed by atoms with E-state index in [-0.39, 0.29) is 18.7 Å². The molecule has 1 saturated heterocycles. The number of hydrogen-bond acceptors (Lipinski definition) is 5. The van der Waals surface area contributed by atoms with Gasteiger partial charge in [0.25, 0.3) is 5.91 Å². The van der Waals surface area contributed by atoms with Crippen molar-refractivity contribution in [2.24, 2.45) is 5.73 Å². The van der Waals surface area contributed by atoms with E-state index in [1.54, 1.807) is 0 Å². The summed E-state index contributed by atoms with van der Waals surface area (Å²) >= 11 is 0. The summed E-state index contributed by atoms with van der Waals surface area (Å²) in [6.45, 7) is 0. The number of carboxylic acids is 1. The van der Waals surface area contributed by atoms with Crippen LogP contribution < -0.4 is 16.4 Å². The van der Waals surface area contributed by atoms with Crippen molar-refractivity contribution in [3.63, 3.8) is 0 Å². The Hall–Kier alpha value is -2.65. The maximum atomic E-state index is 11.7. The number of piperidine rings is 1. The molecule has 0 aromatic carbocycles. The van der Waals surface area contributed by atoms with Crippen molar-refractivity contribution in [1.29, 1.82) is 0 Å². The van der Waals surface area contributed by atoms with Crippen LogP contribution in [0.25, 0.3) is 0 Å². The third-order valence-electron chi connectivity index (χ3n) is 2.96. The third kappa shape index (κ3) is 4.44. The van der Waals surface area contributed by atoms with Crippen LogP contribution in [0.3, 0.4) is 0 Å². The van der Waals surface area contributed by atoms with Gasteiger partial charge in [0, 0.05) is 13.5 Å². The Labute approximate surface area is 119 Å². The van der Waals surface area contributed by atoms with E-state index in [0.717, 1.165) is 4.90 Å². The summed E-state index contributed by atoms with van der Waals surface area (Å²) in [4.78, 5) is 57.1. The van der Waals surface area contributed by atoms with Crippen molar-refractivity contribution in [3.05, 3.63) is 0 Å². The van der Waals surface area contributed by atoms with E-state index in [2.05, 4.69) is 5.32 Å². The van der Waals surface area contributed by atoms with Gasteiger partial charge in [0.2, 0.25) is 11.8 Å². The molecule has 21 heavy (non-hydrogen) atoms. The Morgan fingerprint density at radius 3 is 2.57 bits per heavy atom. The summed E-state index contributed by atoms with van der Waals surface area (Å²) in [6, 6.07) is -3.33. The zero-order valence-corrected chi connectivity index (χ0v) is 11.3. The first-order valence-corrected chi connectivity index (χ1v) is 6.11. The number of nitrogens with two attached hydrogens (primary N) is 1. The topological polar surface area (TPSA) is 159 Å². The number of amides is 5. The van der Waals surface area contributed by atoms with Crippen LogP contribution >= 0.6 is 0 Å². The van der Waals surface area contributed by atoms with Crippen LogP contribution in [0.2, 0.25) is 0 Å². The second-order valence-electron chi connectivity index (χ2n) is 4.56. The predicted molar refractivity (Wildman–Crippen MR) is 67.7 cm³/mol. The first kappa shape index (κ1) is 16.4. The average molecular weight is 300 g/mol.